The monoisotopic (exact) mass is 388 g/mol. The van der Waals surface area contributed by atoms with Crippen molar-refractivity contribution in [3.63, 3.8) is 0 Å². The standard InChI is InChI=1S/C21H28N2O3S/c1-14-7-8-17(13-19(14)23-27(6,25)26)20(24)22-15(2)16-9-11-18(12-10-16)21(3,4)5/h7-13,15,23H,1-6H3,(H,22,24)/t15-/m0/s1. The molecule has 0 aliphatic carbocycles. The number of anilines is 1. The van der Waals surface area contributed by atoms with E-state index in [1.54, 1.807) is 25.1 Å². The predicted octanol–water partition coefficient (Wildman–Crippen LogP) is 4.16. The molecule has 1 atom stereocenters. The number of benzene rings is 2. The maximum atomic E-state index is 12.6. The lowest BCUT2D eigenvalue weighted by Gasteiger charge is -2.21. The molecule has 0 radical (unpaired) electrons. The predicted molar refractivity (Wildman–Crippen MR) is 111 cm³/mol. The van der Waals surface area contributed by atoms with E-state index in [-0.39, 0.29) is 17.4 Å². The molecule has 146 valence electrons. The molecule has 0 heterocycles. The van der Waals surface area contributed by atoms with Crippen LogP contribution in [0.15, 0.2) is 42.5 Å². The van der Waals surface area contributed by atoms with Crippen LogP contribution in [0.25, 0.3) is 0 Å². The van der Waals surface area contributed by atoms with Gasteiger partial charge in [0.05, 0.1) is 18.0 Å². The van der Waals surface area contributed by atoms with Crippen molar-refractivity contribution in [1.29, 1.82) is 0 Å². The smallest absolute Gasteiger partial charge is 0.251 e. The summed E-state index contributed by atoms with van der Waals surface area (Å²) in [7, 11) is -3.41. The van der Waals surface area contributed by atoms with Crippen LogP contribution < -0.4 is 10.0 Å². The molecule has 27 heavy (non-hydrogen) atoms. The summed E-state index contributed by atoms with van der Waals surface area (Å²) < 4.78 is 25.4. The summed E-state index contributed by atoms with van der Waals surface area (Å²) in [5.74, 6) is -0.251. The molecule has 0 aromatic heterocycles. The van der Waals surface area contributed by atoms with Crippen molar-refractivity contribution in [3.05, 3.63) is 64.7 Å². The molecule has 0 bridgehead atoms. The number of nitrogens with one attached hydrogen (secondary N) is 2. The molecule has 0 saturated carbocycles. The average Bonchev–Trinajstić information content (AvgIpc) is 2.54. The maximum absolute atomic E-state index is 12.6. The summed E-state index contributed by atoms with van der Waals surface area (Å²) in [4.78, 5) is 12.6. The Morgan fingerprint density at radius 3 is 2.15 bits per heavy atom. The van der Waals surface area contributed by atoms with Gasteiger partial charge < -0.3 is 5.32 Å². The van der Waals surface area contributed by atoms with E-state index in [1.807, 2.05) is 19.1 Å². The maximum Gasteiger partial charge on any atom is 0.251 e. The van der Waals surface area contributed by atoms with Crippen LogP contribution in [0.5, 0.6) is 0 Å². The zero-order valence-electron chi connectivity index (χ0n) is 16.8. The molecule has 5 nitrogen and oxygen atoms in total. The highest BCUT2D eigenvalue weighted by Gasteiger charge is 2.16. The van der Waals surface area contributed by atoms with Gasteiger partial charge in [-0.2, -0.15) is 0 Å². The fourth-order valence-electron chi connectivity index (χ4n) is 2.71. The van der Waals surface area contributed by atoms with Crippen LogP contribution in [-0.4, -0.2) is 20.6 Å². The van der Waals surface area contributed by atoms with Gasteiger partial charge in [-0.25, -0.2) is 8.42 Å². The third-order valence-electron chi connectivity index (χ3n) is 4.42. The van der Waals surface area contributed by atoms with Gasteiger partial charge in [-0.1, -0.05) is 51.1 Å². The first kappa shape index (κ1) is 21.0. The molecule has 2 aromatic rings. The first-order chi connectivity index (χ1) is 12.4. The largest absolute Gasteiger partial charge is 0.346 e. The van der Waals surface area contributed by atoms with Crippen LogP contribution in [-0.2, 0) is 15.4 Å². The van der Waals surface area contributed by atoms with E-state index >= 15 is 0 Å². The number of carbonyl (C=O) groups excluding carboxylic acids is 1. The molecule has 0 aliphatic rings. The highest BCUT2D eigenvalue weighted by atomic mass is 32.2. The summed E-state index contributed by atoms with van der Waals surface area (Å²) in [6.07, 6.45) is 1.09. The highest BCUT2D eigenvalue weighted by molar-refractivity contribution is 7.92. The van der Waals surface area contributed by atoms with Crippen LogP contribution in [0.3, 0.4) is 0 Å². The van der Waals surface area contributed by atoms with Gasteiger partial charge in [0.15, 0.2) is 0 Å². The van der Waals surface area contributed by atoms with Gasteiger partial charge in [-0.15, -0.1) is 0 Å². The molecule has 2 N–H and O–H groups in total. The molecule has 0 saturated heterocycles. The van der Waals surface area contributed by atoms with Crippen molar-refractivity contribution in [1.82, 2.24) is 5.32 Å². The second-order valence-electron chi connectivity index (χ2n) is 7.97. The van der Waals surface area contributed by atoms with Crippen molar-refractivity contribution >= 4 is 21.6 Å². The van der Waals surface area contributed by atoms with Crippen LogP contribution in [0.1, 0.15) is 60.8 Å². The van der Waals surface area contributed by atoms with Crippen LogP contribution in [0.2, 0.25) is 0 Å². The van der Waals surface area contributed by atoms with Gasteiger partial charge in [0.2, 0.25) is 10.0 Å². The summed E-state index contributed by atoms with van der Waals surface area (Å²) in [6, 6.07) is 13.0. The number of carbonyl (C=O) groups is 1. The van der Waals surface area contributed by atoms with Crippen LogP contribution in [0, 0.1) is 6.92 Å². The Bertz CT molecular complexity index is 927. The molecule has 1 amide bonds. The average molecular weight is 389 g/mol. The number of hydrogen-bond acceptors (Lipinski definition) is 3. The molecule has 2 aromatic carbocycles. The number of hydrogen-bond donors (Lipinski definition) is 2. The first-order valence-corrected chi connectivity index (χ1v) is 10.8. The fraction of sp³-hybridized carbons (Fsp3) is 0.381. The molecular weight excluding hydrogens is 360 g/mol. The Balaban J connectivity index is 2.16. The SMILES string of the molecule is Cc1ccc(C(=O)N[C@@H](C)c2ccc(C(C)(C)C)cc2)cc1NS(C)(=O)=O. The minimum atomic E-state index is -3.41. The number of rotatable bonds is 5. The highest BCUT2D eigenvalue weighted by Crippen LogP contribution is 2.24. The summed E-state index contributed by atoms with van der Waals surface area (Å²) >= 11 is 0. The Kier molecular flexibility index (Phi) is 6.00. The Labute approximate surface area is 162 Å². The van der Waals surface area contributed by atoms with Crippen molar-refractivity contribution in [3.8, 4) is 0 Å². The van der Waals surface area contributed by atoms with E-state index in [2.05, 4.69) is 42.9 Å². The van der Waals surface area contributed by atoms with Gasteiger partial charge in [0.25, 0.3) is 5.91 Å². The summed E-state index contributed by atoms with van der Waals surface area (Å²) in [5, 5.41) is 2.96. The third-order valence-corrected chi connectivity index (χ3v) is 5.01. The van der Waals surface area contributed by atoms with E-state index in [0.29, 0.717) is 11.3 Å². The summed E-state index contributed by atoms with van der Waals surface area (Å²) in [6.45, 7) is 10.2. The van der Waals surface area contributed by atoms with Crippen molar-refractivity contribution in [2.75, 3.05) is 11.0 Å². The number of amides is 1. The molecule has 0 aliphatic heterocycles. The molecule has 6 heteroatoms. The quantitative estimate of drug-likeness (QED) is 0.808. The lowest BCUT2D eigenvalue weighted by atomic mass is 9.86. The van der Waals surface area contributed by atoms with E-state index in [4.69, 9.17) is 0 Å². The minimum Gasteiger partial charge on any atom is -0.346 e. The lowest BCUT2D eigenvalue weighted by molar-refractivity contribution is 0.0940. The van der Waals surface area contributed by atoms with Crippen LogP contribution in [0.4, 0.5) is 5.69 Å². The van der Waals surface area contributed by atoms with Crippen molar-refractivity contribution < 1.29 is 13.2 Å². The zero-order chi connectivity index (χ0) is 20.4. The van der Waals surface area contributed by atoms with E-state index in [0.717, 1.165) is 17.4 Å². The van der Waals surface area contributed by atoms with E-state index in [1.165, 1.54) is 5.56 Å². The van der Waals surface area contributed by atoms with Crippen molar-refractivity contribution in [2.24, 2.45) is 0 Å². The second kappa shape index (κ2) is 7.72. The zero-order valence-corrected chi connectivity index (χ0v) is 17.6. The Morgan fingerprint density at radius 1 is 1.04 bits per heavy atom. The molecule has 0 unspecified atom stereocenters. The van der Waals surface area contributed by atoms with Crippen LogP contribution >= 0.6 is 0 Å². The first-order valence-electron chi connectivity index (χ1n) is 8.86. The van der Waals surface area contributed by atoms with E-state index in [9.17, 15) is 13.2 Å². The Morgan fingerprint density at radius 2 is 1.63 bits per heavy atom. The van der Waals surface area contributed by atoms with Crippen molar-refractivity contribution in [2.45, 2.75) is 46.1 Å². The Hall–Kier alpha value is -2.34. The normalized spacial score (nSPS) is 13.1. The van der Waals surface area contributed by atoms with Gasteiger partial charge in [0.1, 0.15) is 0 Å². The van der Waals surface area contributed by atoms with E-state index < -0.39 is 10.0 Å². The number of aryl methyl sites for hydroxylation is 1. The fourth-order valence-corrected chi connectivity index (χ4v) is 3.33. The molecular formula is C21H28N2O3S. The second-order valence-corrected chi connectivity index (χ2v) is 9.72. The van der Waals surface area contributed by atoms with Gasteiger partial charge in [0, 0.05) is 5.56 Å². The molecule has 0 spiro atoms. The molecule has 0 fully saturated rings. The summed E-state index contributed by atoms with van der Waals surface area (Å²) in [5.41, 5.74) is 3.90. The van der Waals surface area contributed by atoms with Gasteiger partial charge in [-0.05, 0) is 48.1 Å². The van der Waals surface area contributed by atoms with Gasteiger partial charge >= 0.3 is 0 Å². The lowest BCUT2D eigenvalue weighted by Crippen LogP contribution is -2.27. The minimum absolute atomic E-state index is 0.0793. The third kappa shape index (κ3) is 5.82. The molecule has 2 rings (SSSR count). The topological polar surface area (TPSA) is 75.3 Å². The number of sulfonamides is 1. The van der Waals surface area contributed by atoms with Gasteiger partial charge in [-0.3, -0.25) is 9.52 Å².